The molecule has 1 atom stereocenters. The van der Waals surface area contributed by atoms with Crippen LogP contribution in [0.3, 0.4) is 0 Å². The van der Waals surface area contributed by atoms with Crippen molar-refractivity contribution in [2.24, 2.45) is 0 Å². The van der Waals surface area contributed by atoms with E-state index in [0.29, 0.717) is 31.1 Å². The summed E-state index contributed by atoms with van der Waals surface area (Å²) in [5.74, 6) is -0.372. The summed E-state index contributed by atoms with van der Waals surface area (Å²) in [5.41, 5.74) is 2.90. The highest BCUT2D eigenvalue weighted by Crippen LogP contribution is 2.25. The molecule has 0 spiro atoms. The first-order valence-electron chi connectivity index (χ1n) is 10.5. The molecule has 2 saturated heterocycles. The number of aryl methyl sites for hydroxylation is 2. The number of carbonyl (C=O) groups is 2. The predicted molar refractivity (Wildman–Crippen MR) is 117 cm³/mol. The van der Waals surface area contributed by atoms with Gasteiger partial charge in [-0.15, -0.1) is 0 Å². The summed E-state index contributed by atoms with van der Waals surface area (Å²) in [6, 6.07) is 14.1. The number of hydrogen-bond donors (Lipinski definition) is 0. The lowest BCUT2D eigenvalue weighted by atomic mass is 10.1. The van der Waals surface area contributed by atoms with E-state index < -0.39 is 16.1 Å². The first-order chi connectivity index (χ1) is 14.8. The molecule has 2 aromatic carbocycles. The zero-order chi connectivity index (χ0) is 22.2. The van der Waals surface area contributed by atoms with Crippen LogP contribution in [0, 0.1) is 13.8 Å². The van der Waals surface area contributed by atoms with Crippen LogP contribution < -0.4 is 0 Å². The fourth-order valence-electron chi connectivity index (χ4n) is 4.16. The normalized spacial score (nSPS) is 21.1. The molecule has 2 heterocycles. The van der Waals surface area contributed by atoms with Crippen LogP contribution in [0.2, 0.25) is 0 Å². The van der Waals surface area contributed by atoms with Crippen LogP contribution in [0.4, 0.5) is 0 Å². The Morgan fingerprint density at radius 2 is 1.58 bits per heavy atom. The van der Waals surface area contributed by atoms with Crippen molar-refractivity contribution in [3.63, 3.8) is 0 Å². The molecule has 7 nitrogen and oxygen atoms in total. The molecule has 8 heteroatoms. The number of carbonyl (C=O) groups excluding carboxylic acids is 2. The van der Waals surface area contributed by atoms with Crippen LogP contribution >= 0.6 is 0 Å². The molecule has 0 radical (unpaired) electrons. The molecule has 0 aliphatic carbocycles. The third-order valence-electron chi connectivity index (χ3n) is 6.23. The summed E-state index contributed by atoms with van der Waals surface area (Å²) in [7, 11) is -3.58. The Balaban J connectivity index is 1.41. The summed E-state index contributed by atoms with van der Waals surface area (Å²) >= 11 is 0. The molecule has 2 amide bonds. The third kappa shape index (κ3) is 4.28. The number of sulfonamides is 1. The standard InChI is InChI=1S/C23H27N3O4S/c1-17-8-9-20(14-18(17)2)31(29,30)25-12-10-24(11-13-25)21-15-22(27)26(23(21)28)16-19-6-4-3-5-7-19/h3-9,14,21H,10-13,15-16H2,1-2H3/t21-/m1/s1. The Bertz CT molecular complexity index is 1090. The molecule has 164 valence electrons. The van der Waals surface area contributed by atoms with E-state index in [-0.39, 0.29) is 24.8 Å². The second-order valence-electron chi connectivity index (χ2n) is 8.21. The van der Waals surface area contributed by atoms with Crippen molar-refractivity contribution < 1.29 is 18.0 Å². The molecule has 2 aliphatic heterocycles. The average molecular weight is 442 g/mol. The maximum Gasteiger partial charge on any atom is 0.247 e. The SMILES string of the molecule is Cc1ccc(S(=O)(=O)N2CCN([C@@H]3CC(=O)N(Cc4ccccc4)C3=O)CC2)cc1C. The van der Waals surface area contributed by atoms with Crippen molar-refractivity contribution in [1.82, 2.24) is 14.1 Å². The highest BCUT2D eigenvalue weighted by atomic mass is 32.2. The lowest BCUT2D eigenvalue weighted by Crippen LogP contribution is -2.53. The minimum absolute atomic E-state index is 0.148. The number of piperazine rings is 1. The van der Waals surface area contributed by atoms with Crippen LogP contribution in [-0.4, -0.2) is 66.6 Å². The van der Waals surface area contributed by atoms with Gasteiger partial charge in [-0.25, -0.2) is 8.42 Å². The Hall–Kier alpha value is -2.55. The highest BCUT2D eigenvalue weighted by molar-refractivity contribution is 7.89. The summed E-state index contributed by atoms with van der Waals surface area (Å²) in [5, 5.41) is 0. The third-order valence-corrected chi connectivity index (χ3v) is 8.13. The van der Waals surface area contributed by atoms with Crippen molar-refractivity contribution in [3.8, 4) is 0 Å². The zero-order valence-corrected chi connectivity index (χ0v) is 18.6. The molecular formula is C23H27N3O4S. The van der Waals surface area contributed by atoms with Crippen LogP contribution in [0.1, 0.15) is 23.1 Å². The Labute approximate surface area is 183 Å². The molecular weight excluding hydrogens is 414 g/mol. The van der Waals surface area contributed by atoms with Crippen molar-refractivity contribution in [3.05, 3.63) is 65.2 Å². The van der Waals surface area contributed by atoms with Gasteiger partial charge in [-0.3, -0.25) is 19.4 Å². The minimum Gasteiger partial charge on any atom is -0.289 e. The number of likely N-dealkylation sites (tertiary alicyclic amines) is 1. The number of benzene rings is 2. The molecule has 31 heavy (non-hydrogen) atoms. The Morgan fingerprint density at radius 3 is 2.23 bits per heavy atom. The van der Waals surface area contributed by atoms with E-state index in [1.165, 1.54) is 9.21 Å². The van der Waals surface area contributed by atoms with Crippen LogP contribution in [0.25, 0.3) is 0 Å². The van der Waals surface area contributed by atoms with E-state index in [2.05, 4.69) is 0 Å². The number of nitrogens with zero attached hydrogens (tertiary/aromatic N) is 3. The second kappa shape index (κ2) is 8.53. The van der Waals surface area contributed by atoms with Gasteiger partial charge < -0.3 is 0 Å². The van der Waals surface area contributed by atoms with E-state index >= 15 is 0 Å². The second-order valence-corrected chi connectivity index (χ2v) is 10.1. The average Bonchev–Trinajstić information content (AvgIpc) is 3.04. The van der Waals surface area contributed by atoms with E-state index in [0.717, 1.165) is 16.7 Å². The van der Waals surface area contributed by atoms with E-state index in [4.69, 9.17) is 0 Å². The number of hydrogen-bond acceptors (Lipinski definition) is 5. The first kappa shape index (κ1) is 21.7. The summed E-state index contributed by atoms with van der Waals surface area (Å²) in [4.78, 5) is 29.0. The molecule has 2 fully saturated rings. The van der Waals surface area contributed by atoms with Gasteiger partial charge in [0.15, 0.2) is 0 Å². The van der Waals surface area contributed by atoms with E-state index in [1.807, 2.05) is 55.1 Å². The predicted octanol–water partition coefficient (Wildman–Crippen LogP) is 1.94. The van der Waals surface area contributed by atoms with Crippen LogP contribution in [-0.2, 0) is 26.2 Å². The highest BCUT2D eigenvalue weighted by Gasteiger charge is 2.43. The van der Waals surface area contributed by atoms with Crippen molar-refractivity contribution >= 4 is 21.8 Å². The lowest BCUT2D eigenvalue weighted by molar-refractivity contribution is -0.140. The van der Waals surface area contributed by atoms with Crippen LogP contribution in [0.15, 0.2) is 53.4 Å². The number of imide groups is 1. The summed E-state index contributed by atoms with van der Waals surface area (Å²) < 4.78 is 27.5. The van der Waals surface area contributed by atoms with Gasteiger partial charge in [0.05, 0.1) is 23.9 Å². The molecule has 4 rings (SSSR count). The topological polar surface area (TPSA) is 78.0 Å². The largest absolute Gasteiger partial charge is 0.289 e. The molecule has 0 unspecified atom stereocenters. The molecule has 2 aliphatic rings. The quantitative estimate of drug-likeness (QED) is 0.663. The van der Waals surface area contributed by atoms with Gasteiger partial charge in [-0.2, -0.15) is 4.31 Å². The Kier molecular flexibility index (Phi) is 5.96. The van der Waals surface area contributed by atoms with Gasteiger partial charge in [0, 0.05) is 26.2 Å². The summed E-state index contributed by atoms with van der Waals surface area (Å²) in [6.45, 7) is 5.57. The van der Waals surface area contributed by atoms with Gasteiger partial charge in [-0.1, -0.05) is 36.4 Å². The Morgan fingerprint density at radius 1 is 0.903 bits per heavy atom. The molecule has 2 aromatic rings. The summed E-state index contributed by atoms with van der Waals surface area (Å²) in [6.07, 6.45) is 0.148. The fourth-order valence-corrected chi connectivity index (χ4v) is 5.67. The van der Waals surface area contributed by atoms with Crippen LogP contribution in [0.5, 0.6) is 0 Å². The number of rotatable bonds is 5. The van der Waals surface area contributed by atoms with Crippen molar-refractivity contribution in [1.29, 1.82) is 0 Å². The van der Waals surface area contributed by atoms with Crippen molar-refractivity contribution in [2.75, 3.05) is 26.2 Å². The van der Waals surface area contributed by atoms with Gasteiger partial charge in [0.1, 0.15) is 0 Å². The van der Waals surface area contributed by atoms with E-state index in [9.17, 15) is 18.0 Å². The molecule has 0 bridgehead atoms. The van der Waals surface area contributed by atoms with Gasteiger partial charge in [0.2, 0.25) is 21.8 Å². The monoisotopic (exact) mass is 441 g/mol. The maximum absolute atomic E-state index is 13.0. The fraction of sp³-hybridized carbons (Fsp3) is 0.391. The number of amides is 2. The maximum atomic E-state index is 13.0. The lowest BCUT2D eigenvalue weighted by Gasteiger charge is -2.36. The van der Waals surface area contributed by atoms with E-state index in [1.54, 1.807) is 12.1 Å². The van der Waals surface area contributed by atoms with Crippen molar-refractivity contribution in [2.45, 2.75) is 37.8 Å². The van der Waals surface area contributed by atoms with Gasteiger partial charge >= 0.3 is 0 Å². The zero-order valence-electron chi connectivity index (χ0n) is 17.8. The smallest absolute Gasteiger partial charge is 0.247 e. The minimum atomic E-state index is -3.58. The molecule has 0 saturated carbocycles. The first-order valence-corrected chi connectivity index (χ1v) is 11.9. The van der Waals surface area contributed by atoms with Gasteiger partial charge in [0.25, 0.3) is 0 Å². The molecule has 0 aromatic heterocycles. The van der Waals surface area contributed by atoms with Gasteiger partial charge in [-0.05, 0) is 42.7 Å². The molecule has 0 N–H and O–H groups in total.